The van der Waals surface area contributed by atoms with Gasteiger partial charge in [-0.15, -0.1) is 0 Å². The van der Waals surface area contributed by atoms with Gasteiger partial charge < -0.3 is 0 Å². The quantitative estimate of drug-likeness (QED) is 0.713. The summed E-state index contributed by atoms with van der Waals surface area (Å²) in [6.45, 7) is 2.55. The number of nitrogens with zero attached hydrogens (tertiary/aromatic N) is 5. The highest BCUT2D eigenvalue weighted by molar-refractivity contribution is 5.85. The van der Waals surface area contributed by atoms with Gasteiger partial charge in [-0.3, -0.25) is 9.69 Å². The average molecular weight is 333 g/mol. The maximum atomic E-state index is 12.3. The second-order valence-electron chi connectivity index (χ2n) is 6.39. The molecule has 0 spiro atoms. The second kappa shape index (κ2) is 7.03. The van der Waals surface area contributed by atoms with Gasteiger partial charge in [-0.1, -0.05) is 12.1 Å². The molecule has 0 aliphatic carbocycles. The third-order valence-corrected chi connectivity index (χ3v) is 4.50. The Morgan fingerprint density at radius 3 is 2.72 bits per heavy atom. The topological polar surface area (TPSA) is 71.9 Å². The average Bonchev–Trinajstić information content (AvgIpc) is 3.14. The fraction of sp³-hybridized carbons (Fsp3) is 0.316. The number of benzene rings is 1. The van der Waals surface area contributed by atoms with E-state index in [2.05, 4.69) is 25.1 Å². The zero-order valence-corrected chi connectivity index (χ0v) is 13.9. The number of carbonyl (C=O) groups is 1. The van der Waals surface area contributed by atoms with Crippen molar-refractivity contribution in [2.45, 2.75) is 19.3 Å². The fourth-order valence-electron chi connectivity index (χ4n) is 3.21. The lowest BCUT2D eigenvalue weighted by molar-refractivity contribution is -0.119. The lowest BCUT2D eigenvalue weighted by Crippen LogP contribution is -2.28. The number of Topliss-reactive ketones (excluding diaryl/α,β-unsaturated/α-hetero) is 1. The standard InChI is InChI=1S/C19H19N5O/c25-17(13-24-7-1-2-8-24)10-19-20-11-16-4-3-14(9-18(16)23-19)15-5-6-21-22-12-15/h3-6,9,11-12H,1-2,7-8,10,13H2. The van der Waals surface area contributed by atoms with Crippen molar-refractivity contribution in [1.82, 2.24) is 25.1 Å². The molecule has 0 bridgehead atoms. The molecule has 1 saturated heterocycles. The normalized spacial score (nSPS) is 14.9. The van der Waals surface area contributed by atoms with Crippen molar-refractivity contribution in [3.63, 3.8) is 0 Å². The van der Waals surface area contributed by atoms with E-state index in [1.165, 1.54) is 12.8 Å². The summed E-state index contributed by atoms with van der Waals surface area (Å²) in [6, 6.07) is 7.92. The summed E-state index contributed by atoms with van der Waals surface area (Å²) >= 11 is 0. The maximum Gasteiger partial charge on any atom is 0.154 e. The molecule has 6 nitrogen and oxygen atoms in total. The van der Waals surface area contributed by atoms with Gasteiger partial charge in [-0.05, 0) is 43.6 Å². The van der Waals surface area contributed by atoms with E-state index in [4.69, 9.17) is 0 Å². The Kier molecular flexibility index (Phi) is 4.43. The Bertz CT molecular complexity index is 891. The number of hydrogen-bond acceptors (Lipinski definition) is 6. The van der Waals surface area contributed by atoms with Gasteiger partial charge in [0.2, 0.25) is 0 Å². The van der Waals surface area contributed by atoms with Crippen molar-refractivity contribution in [2.24, 2.45) is 0 Å². The molecule has 0 amide bonds. The lowest BCUT2D eigenvalue weighted by atomic mass is 10.1. The zero-order chi connectivity index (χ0) is 17.1. The zero-order valence-electron chi connectivity index (χ0n) is 13.9. The van der Waals surface area contributed by atoms with Crippen LogP contribution in [0.3, 0.4) is 0 Å². The molecular weight excluding hydrogens is 314 g/mol. The van der Waals surface area contributed by atoms with Crippen molar-refractivity contribution >= 4 is 16.7 Å². The molecule has 1 aliphatic heterocycles. The first-order valence-electron chi connectivity index (χ1n) is 8.55. The third kappa shape index (κ3) is 3.69. The van der Waals surface area contributed by atoms with E-state index < -0.39 is 0 Å². The van der Waals surface area contributed by atoms with Crippen LogP contribution in [0.25, 0.3) is 22.0 Å². The molecular formula is C19H19N5O. The van der Waals surface area contributed by atoms with Gasteiger partial charge in [0.1, 0.15) is 5.82 Å². The number of ketones is 1. The van der Waals surface area contributed by atoms with E-state index in [0.717, 1.165) is 35.1 Å². The van der Waals surface area contributed by atoms with Crippen LogP contribution in [0.15, 0.2) is 42.9 Å². The molecule has 1 aromatic carbocycles. The summed E-state index contributed by atoms with van der Waals surface area (Å²) in [4.78, 5) is 23.4. The van der Waals surface area contributed by atoms with E-state index in [9.17, 15) is 4.79 Å². The van der Waals surface area contributed by atoms with Gasteiger partial charge >= 0.3 is 0 Å². The smallest absolute Gasteiger partial charge is 0.154 e. The summed E-state index contributed by atoms with van der Waals surface area (Å²) in [7, 11) is 0. The first-order valence-corrected chi connectivity index (χ1v) is 8.55. The Morgan fingerprint density at radius 1 is 1.04 bits per heavy atom. The van der Waals surface area contributed by atoms with Gasteiger partial charge in [0.25, 0.3) is 0 Å². The largest absolute Gasteiger partial charge is 0.298 e. The van der Waals surface area contributed by atoms with E-state index in [-0.39, 0.29) is 12.2 Å². The fourth-order valence-corrected chi connectivity index (χ4v) is 3.21. The Morgan fingerprint density at radius 2 is 1.92 bits per heavy atom. The summed E-state index contributed by atoms with van der Waals surface area (Å²) in [5.41, 5.74) is 2.85. The molecule has 3 heterocycles. The van der Waals surface area contributed by atoms with E-state index >= 15 is 0 Å². The summed E-state index contributed by atoms with van der Waals surface area (Å²) in [5, 5.41) is 8.68. The first-order chi connectivity index (χ1) is 12.3. The third-order valence-electron chi connectivity index (χ3n) is 4.50. The molecule has 0 unspecified atom stereocenters. The predicted molar refractivity (Wildman–Crippen MR) is 94.9 cm³/mol. The molecule has 0 saturated carbocycles. The Hall–Kier alpha value is -2.73. The highest BCUT2D eigenvalue weighted by Crippen LogP contribution is 2.22. The molecule has 2 aromatic heterocycles. The second-order valence-corrected chi connectivity index (χ2v) is 6.39. The maximum absolute atomic E-state index is 12.3. The van der Waals surface area contributed by atoms with E-state index in [1.807, 2.05) is 24.3 Å². The molecule has 6 heteroatoms. The molecule has 1 aliphatic rings. The Labute approximate surface area is 145 Å². The summed E-state index contributed by atoms with van der Waals surface area (Å²) < 4.78 is 0. The van der Waals surface area contributed by atoms with Crippen LogP contribution in [0, 0.1) is 0 Å². The Balaban J connectivity index is 1.55. The van der Waals surface area contributed by atoms with Crippen LogP contribution >= 0.6 is 0 Å². The SMILES string of the molecule is O=C(Cc1ncc2ccc(-c3ccnnc3)cc2n1)CN1CCCC1. The van der Waals surface area contributed by atoms with Gasteiger partial charge in [-0.25, -0.2) is 9.97 Å². The monoisotopic (exact) mass is 333 g/mol. The van der Waals surface area contributed by atoms with Crippen LogP contribution in [0.5, 0.6) is 0 Å². The number of likely N-dealkylation sites (tertiary alicyclic amines) is 1. The van der Waals surface area contributed by atoms with Crippen LogP contribution in [0.2, 0.25) is 0 Å². The number of carbonyl (C=O) groups excluding carboxylic acids is 1. The molecule has 25 heavy (non-hydrogen) atoms. The number of aromatic nitrogens is 4. The highest BCUT2D eigenvalue weighted by atomic mass is 16.1. The van der Waals surface area contributed by atoms with Crippen LogP contribution in [0.4, 0.5) is 0 Å². The van der Waals surface area contributed by atoms with E-state index in [0.29, 0.717) is 12.4 Å². The summed E-state index contributed by atoms with van der Waals surface area (Å²) in [5.74, 6) is 0.762. The number of hydrogen-bond donors (Lipinski definition) is 0. The van der Waals surface area contributed by atoms with Gasteiger partial charge in [-0.2, -0.15) is 10.2 Å². The lowest BCUT2D eigenvalue weighted by Gasteiger charge is -2.12. The molecule has 4 rings (SSSR count). The molecule has 0 atom stereocenters. The van der Waals surface area contributed by atoms with E-state index in [1.54, 1.807) is 18.6 Å². The molecule has 0 radical (unpaired) electrons. The van der Waals surface area contributed by atoms with Gasteiger partial charge in [0.15, 0.2) is 5.78 Å². The van der Waals surface area contributed by atoms with Crippen molar-refractivity contribution in [1.29, 1.82) is 0 Å². The minimum Gasteiger partial charge on any atom is -0.298 e. The van der Waals surface area contributed by atoms with Crippen molar-refractivity contribution < 1.29 is 4.79 Å². The van der Waals surface area contributed by atoms with Crippen molar-refractivity contribution in [3.8, 4) is 11.1 Å². The summed E-state index contributed by atoms with van der Waals surface area (Å²) in [6.07, 6.45) is 7.84. The van der Waals surface area contributed by atoms with Crippen LogP contribution in [0.1, 0.15) is 18.7 Å². The molecule has 3 aromatic rings. The molecule has 126 valence electrons. The van der Waals surface area contributed by atoms with Crippen molar-refractivity contribution in [2.75, 3.05) is 19.6 Å². The predicted octanol–water partition coefficient (Wildman–Crippen LogP) is 2.29. The minimum absolute atomic E-state index is 0.177. The minimum atomic E-state index is 0.177. The first kappa shape index (κ1) is 15.8. The number of fused-ring (bicyclic) bond motifs is 1. The highest BCUT2D eigenvalue weighted by Gasteiger charge is 2.16. The van der Waals surface area contributed by atoms with Crippen LogP contribution < -0.4 is 0 Å². The number of rotatable bonds is 5. The van der Waals surface area contributed by atoms with Crippen molar-refractivity contribution in [3.05, 3.63) is 48.7 Å². The molecule has 0 N–H and O–H groups in total. The van der Waals surface area contributed by atoms with Crippen LogP contribution in [-0.2, 0) is 11.2 Å². The van der Waals surface area contributed by atoms with Gasteiger partial charge in [0, 0.05) is 17.1 Å². The van der Waals surface area contributed by atoms with Gasteiger partial charge in [0.05, 0.1) is 30.9 Å². The molecule has 1 fully saturated rings. The van der Waals surface area contributed by atoms with Crippen LogP contribution in [-0.4, -0.2) is 50.5 Å².